The van der Waals surface area contributed by atoms with E-state index in [-0.39, 0.29) is 106 Å². The van der Waals surface area contributed by atoms with Crippen LogP contribution >= 0.6 is 11.3 Å². The van der Waals surface area contributed by atoms with Gasteiger partial charge in [0.15, 0.2) is 10.8 Å². The van der Waals surface area contributed by atoms with E-state index in [0.717, 1.165) is 51.2 Å². The number of hydrogen-bond acceptors (Lipinski definition) is 20. The highest BCUT2D eigenvalue weighted by Gasteiger charge is 2.52. The Morgan fingerprint density at radius 2 is 1.53 bits per heavy atom. The number of fused-ring (bicyclic) bond motifs is 2. The molecule has 0 radical (unpaired) electrons. The van der Waals surface area contributed by atoms with Crippen molar-refractivity contribution in [1.82, 2.24) is 45.5 Å². The number of anilines is 3. The predicted molar refractivity (Wildman–Crippen MR) is 384 cm³/mol. The Kier molecular flexibility index (Phi) is 27.0. The van der Waals surface area contributed by atoms with Gasteiger partial charge in [-0.2, -0.15) is 5.10 Å². The van der Waals surface area contributed by atoms with Crippen molar-refractivity contribution >= 4 is 91.7 Å². The molecule has 0 bridgehead atoms. The number of hydrogen-bond donors (Lipinski definition) is 7. The summed E-state index contributed by atoms with van der Waals surface area (Å²) in [6.07, 6.45) is 7.06. The first-order valence-corrected chi connectivity index (χ1v) is 35.2. The number of carbonyl (C=O) groups excluding carboxylic acids is 8. The zero-order chi connectivity index (χ0) is 73.8. The number of ether oxygens (including phenoxy) is 6. The number of benzene rings is 3. The normalized spacial score (nSPS) is 17.4. The molecule has 4 unspecified atom stereocenters. The van der Waals surface area contributed by atoms with E-state index < -0.39 is 60.2 Å². The fraction of sp³-hybridized carbons (Fsp3) is 0.479. The maximum Gasteiger partial charge on any atom is 0.409 e. The number of nitrogens with zero attached hydrogens (tertiary/aromatic N) is 7. The summed E-state index contributed by atoms with van der Waals surface area (Å²) in [6.45, 7) is 16.2. The van der Waals surface area contributed by atoms with Crippen LogP contribution in [0.5, 0.6) is 0 Å². The Bertz CT molecular complexity index is 3990. The lowest BCUT2D eigenvalue weighted by molar-refractivity contribution is -0.138. The number of likely N-dealkylation sites (N-methyl/N-ethyl adjacent to an activating group) is 1. The van der Waals surface area contributed by atoms with Crippen LogP contribution in [0.15, 0.2) is 97.2 Å². The molecule has 3 aliphatic rings. The van der Waals surface area contributed by atoms with Crippen LogP contribution in [0.25, 0.3) is 21.3 Å². The first-order valence-electron chi connectivity index (χ1n) is 34.4. The maximum atomic E-state index is 13.8. The van der Waals surface area contributed by atoms with Gasteiger partial charge in [0.05, 0.1) is 88.5 Å². The highest BCUT2D eigenvalue weighted by molar-refractivity contribution is 7.22. The lowest BCUT2D eigenvalue weighted by Gasteiger charge is -2.37. The van der Waals surface area contributed by atoms with Crippen molar-refractivity contribution in [2.24, 2.45) is 22.0 Å². The van der Waals surface area contributed by atoms with Crippen molar-refractivity contribution in [2.75, 3.05) is 115 Å². The summed E-state index contributed by atoms with van der Waals surface area (Å²) in [5, 5.41) is 29.2. The van der Waals surface area contributed by atoms with E-state index in [1.165, 1.54) is 28.4 Å². The minimum atomic E-state index is -1.15. The molecule has 103 heavy (non-hydrogen) atoms. The summed E-state index contributed by atoms with van der Waals surface area (Å²) in [5.74, 6) is -3.57. The van der Waals surface area contributed by atoms with Gasteiger partial charge >= 0.3 is 18.1 Å². The molecule has 5 heterocycles. The molecule has 6 aromatic rings. The van der Waals surface area contributed by atoms with Crippen LogP contribution in [0, 0.1) is 23.2 Å². The van der Waals surface area contributed by atoms with Crippen LogP contribution in [0.2, 0.25) is 0 Å². The highest BCUT2D eigenvalue weighted by Crippen LogP contribution is 2.56. The molecule has 4 atom stereocenters. The molecule has 3 aromatic heterocycles. The van der Waals surface area contributed by atoms with Gasteiger partial charge in [0.1, 0.15) is 25.1 Å². The number of primary amides is 1. The predicted octanol–water partition coefficient (Wildman–Crippen LogP) is 7.25. The molecule has 1 saturated carbocycles. The van der Waals surface area contributed by atoms with Crippen LogP contribution in [0.4, 0.5) is 26.2 Å². The third kappa shape index (κ3) is 22.1. The van der Waals surface area contributed by atoms with Crippen LogP contribution in [0.3, 0.4) is 0 Å². The van der Waals surface area contributed by atoms with Gasteiger partial charge in [-0.05, 0) is 121 Å². The molecule has 0 saturated heterocycles. The van der Waals surface area contributed by atoms with Gasteiger partial charge in [-0.1, -0.05) is 82.4 Å². The number of nitrogens with one attached hydrogen (secondary N) is 5. The van der Waals surface area contributed by atoms with Crippen LogP contribution in [-0.2, 0) is 78.5 Å². The second-order valence-corrected chi connectivity index (χ2v) is 28.7. The average Bonchev–Trinajstić information content (AvgIpc) is 1.61. The van der Waals surface area contributed by atoms with Crippen molar-refractivity contribution in [1.29, 1.82) is 0 Å². The number of carbonyl (C=O) groups is 9. The number of carboxylic acid groups (broad SMARTS) is 1. The molecule has 1 aliphatic carbocycles. The second-order valence-electron chi connectivity index (χ2n) is 27.7. The lowest BCUT2D eigenvalue weighted by atomic mass is 9.71. The largest absolute Gasteiger partial charge is 0.476 e. The molecular formula is C73H93N13O16S. The van der Waals surface area contributed by atoms with E-state index in [4.69, 9.17) is 44.2 Å². The summed E-state index contributed by atoms with van der Waals surface area (Å²) < 4.78 is 37.5. The van der Waals surface area contributed by atoms with Crippen molar-refractivity contribution in [2.45, 2.75) is 112 Å². The number of urea groups is 1. The van der Waals surface area contributed by atoms with Gasteiger partial charge in [0.25, 0.3) is 17.7 Å². The fourth-order valence-corrected chi connectivity index (χ4v) is 14.3. The topological polar surface area (TPSA) is 369 Å². The third-order valence-electron chi connectivity index (χ3n) is 18.0. The number of amides is 9. The summed E-state index contributed by atoms with van der Waals surface area (Å²) in [7, 11) is 1.60. The SMILES string of the molecule is Cc1c(-c2ccc(N3CCc4cccc(C(=O)Nc5nc6ccccc6s5)c4C3)nc2C(=O)O)cnn1CC1(C)CC(OCCOCCOCCN(C)C(=O)OCc2ccc(NC(=O)C(CCCNC(N)=O)NC(=O)CNC(=O)COCCOCCN3C(=O)C=CC3=O)cc2)C(C)(CC(C)(C)C)C1. The van der Waals surface area contributed by atoms with E-state index >= 15 is 0 Å². The molecule has 9 rings (SSSR count). The van der Waals surface area contributed by atoms with Gasteiger partial charge in [-0.25, -0.2) is 24.4 Å². The highest BCUT2D eigenvalue weighted by atomic mass is 32.1. The lowest BCUT2D eigenvalue weighted by Crippen LogP contribution is -2.48. The van der Waals surface area contributed by atoms with Crippen LogP contribution in [0.1, 0.15) is 110 Å². The number of thiazole rings is 1. The van der Waals surface area contributed by atoms with Crippen LogP contribution < -0.4 is 37.2 Å². The van der Waals surface area contributed by atoms with Gasteiger partial charge in [0.2, 0.25) is 17.7 Å². The van der Waals surface area contributed by atoms with E-state index in [1.807, 2.05) is 71.1 Å². The van der Waals surface area contributed by atoms with Crippen LogP contribution in [-0.4, -0.2) is 200 Å². The first kappa shape index (κ1) is 77.4. The molecule has 3 aromatic carbocycles. The van der Waals surface area contributed by atoms with Gasteiger partial charge in [-0.3, -0.25) is 43.7 Å². The number of para-hydroxylation sites is 1. The fourth-order valence-electron chi connectivity index (χ4n) is 13.4. The Morgan fingerprint density at radius 1 is 0.816 bits per heavy atom. The van der Waals surface area contributed by atoms with Crippen molar-refractivity contribution in [3.05, 3.63) is 131 Å². The van der Waals surface area contributed by atoms with Crippen molar-refractivity contribution in [3.63, 3.8) is 0 Å². The number of carboxylic acids is 1. The molecule has 29 nitrogen and oxygen atoms in total. The molecule has 2 aliphatic heterocycles. The Balaban J connectivity index is 0.668. The standard InChI is InChI=1S/C73H93N13O16S/c1-47-53(51-21-22-59(81-64(51)67(93)94)84-27-25-49-12-10-13-52(54(49)41-84)65(91)82-69-80-55-14-8-9-16-57(55)103-69)39-77-86(47)46-72(5)38-58(73(6,45-72)44-71(2,3)4)101-37-36-99-33-32-97-30-28-83(7)70(96)102-42-48-17-19-50(20-18-48)78-66(92)56(15-11-26-75-68(74)95)79-60(87)40-76-61(88)43-100-35-34-98-31-29-85-62(89)23-24-63(85)90/h8-10,12-14,16-24,39,56,58H,11,15,25-38,40-46H2,1-7H3,(H,76,88)(H,78,92)(H,79,87)(H,93,94)(H3,74,75,95)(H,80,82,91). The number of aromatic carboxylic acids is 1. The minimum absolute atomic E-state index is 0.0192. The molecule has 552 valence electrons. The molecule has 0 spiro atoms. The van der Waals surface area contributed by atoms with E-state index in [9.17, 15) is 48.3 Å². The first-order chi connectivity index (χ1) is 49.2. The minimum Gasteiger partial charge on any atom is -0.476 e. The van der Waals surface area contributed by atoms with Crippen molar-refractivity contribution in [3.8, 4) is 11.1 Å². The molecular weight excluding hydrogens is 1350 g/mol. The summed E-state index contributed by atoms with van der Waals surface area (Å²) >= 11 is 1.41. The molecule has 8 N–H and O–H groups in total. The average molecular weight is 1440 g/mol. The maximum absolute atomic E-state index is 13.8. The second kappa shape index (κ2) is 35.9. The third-order valence-corrected chi connectivity index (χ3v) is 19.0. The van der Waals surface area contributed by atoms with E-state index in [0.29, 0.717) is 91.4 Å². The number of imide groups is 1. The molecule has 1 fully saturated rings. The zero-order valence-electron chi connectivity index (χ0n) is 59.3. The van der Waals surface area contributed by atoms with E-state index in [1.54, 1.807) is 37.5 Å². The van der Waals surface area contributed by atoms with Crippen molar-refractivity contribution < 1.29 is 76.7 Å². The summed E-state index contributed by atoms with van der Waals surface area (Å²) in [4.78, 5) is 127. The Hall–Kier alpha value is -9.72. The quantitative estimate of drug-likeness (QED) is 0.0149. The molecule has 9 amide bonds. The smallest absolute Gasteiger partial charge is 0.409 e. The number of pyridine rings is 1. The van der Waals surface area contributed by atoms with Gasteiger partial charge in [-0.15, -0.1) is 0 Å². The Labute approximate surface area is 601 Å². The van der Waals surface area contributed by atoms with E-state index in [2.05, 4.69) is 66.2 Å². The van der Waals surface area contributed by atoms with Gasteiger partial charge < -0.3 is 70.3 Å². The zero-order valence-corrected chi connectivity index (χ0v) is 60.2. The summed E-state index contributed by atoms with van der Waals surface area (Å²) in [6, 6.07) is 21.9. The molecule has 30 heteroatoms. The summed E-state index contributed by atoms with van der Waals surface area (Å²) in [5.41, 5.74) is 11.0. The monoisotopic (exact) mass is 1440 g/mol. The Morgan fingerprint density at radius 3 is 2.26 bits per heavy atom. The number of aromatic nitrogens is 4. The van der Waals surface area contributed by atoms with Gasteiger partial charge in [0, 0.05) is 80.0 Å². The number of nitrogens with two attached hydrogens (primary N) is 1. The number of rotatable bonds is 37.